The van der Waals surface area contributed by atoms with Gasteiger partial charge in [-0.3, -0.25) is 14.6 Å². The van der Waals surface area contributed by atoms with E-state index in [0.29, 0.717) is 10.7 Å². The quantitative estimate of drug-likeness (QED) is 0.867. The van der Waals surface area contributed by atoms with Crippen LogP contribution in [-0.2, 0) is 4.79 Å². The van der Waals surface area contributed by atoms with E-state index in [1.807, 2.05) is 32.0 Å². The molecule has 106 valence electrons. The summed E-state index contributed by atoms with van der Waals surface area (Å²) in [7, 11) is 0. The van der Waals surface area contributed by atoms with Crippen LogP contribution in [0.2, 0.25) is 0 Å². The molecule has 0 fully saturated rings. The number of Topliss-reactive ketones (excluding diaryl/α,β-unsaturated/α-hetero) is 1. The molecule has 1 aliphatic rings. The maximum absolute atomic E-state index is 12.1. The van der Waals surface area contributed by atoms with Gasteiger partial charge in [-0.1, -0.05) is 29.5 Å². The lowest BCUT2D eigenvalue weighted by molar-refractivity contribution is -0.119. The largest absolute Gasteiger partial charge is 0.305 e. The molecule has 5 heteroatoms. The molecule has 0 unspecified atom stereocenters. The third kappa shape index (κ3) is 3.93. The minimum atomic E-state index is -0.142. The molecule has 0 saturated heterocycles. The number of ketones is 1. The van der Waals surface area contributed by atoms with Crippen molar-refractivity contribution in [1.82, 2.24) is 5.32 Å². The topological polar surface area (TPSA) is 58.5 Å². The zero-order chi connectivity index (χ0) is 14.5. The van der Waals surface area contributed by atoms with Gasteiger partial charge in [0.1, 0.15) is 0 Å². The summed E-state index contributed by atoms with van der Waals surface area (Å²) in [5.74, 6) is 0.788. The highest BCUT2D eigenvalue weighted by molar-refractivity contribution is 8.14. The Balaban J connectivity index is 1.88. The van der Waals surface area contributed by atoms with Crippen LogP contribution in [-0.4, -0.2) is 29.2 Å². The molecule has 0 radical (unpaired) electrons. The third-order valence-electron chi connectivity index (χ3n) is 3.10. The number of aryl methyl sites for hydroxylation is 2. The second-order valence-corrected chi connectivity index (χ2v) is 5.91. The Morgan fingerprint density at radius 1 is 1.30 bits per heavy atom. The maximum Gasteiger partial charge on any atom is 0.226 e. The Kier molecular flexibility index (Phi) is 4.95. The molecule has 1 amide bonds. The molecule has 1 aromatic carbocycles. The summed E-state index contributed by atoms with van der Waals surface area (Å²) in [4.78, 5) is 28.0. The first kappa shape index (κ1) is 14.8. The van der Waals surface area contributed by atoms with Crippen LogP contribution >= 0.6 is 11.8 Å². The predicted molar refractivity (Wildman–Crippen MR) is 82.4 cm³/mol. The van der Waals surface area contributed by atoms with Gasteiger partial charge in [0, 0.05) is 24.2 Å². The summed E-state index contributed by atoms with van der Waals surface area (Å²) in [6.07, 6.45) is 0.430. The Hall–Kier alpha value is -1.62. The highest BCUT2D eigenvalue weighted by atomic mass is 32.2. The minimum absolute atomic E-state index is 0.0161. The lowest BCUT2D eigenvalue weighted by Gasteiger charge is -2.07. The molecule has 4 nitrogen and oxygen atoms in total. The highest BCUT2D eigenvalue weighted by Gasteiger charge is 2.14. The molecule has 1 heterocycles. The van der Waals surface area contributed by atoms with Gasteiger partial charge in [0.15, 0.2) is 11.0 Å². The van der Waals surface area contributed by atoms with Gasteiger partial charge in [-0.2, -0.15) is 0 Å². The predicted octanol–water partition coefficient (Wildman–Crippen LogP) is 2.49. The SMILES string of the molecule is Cc1ccc(C)c(C(=O)CCC(=O)NC2=NCCS2)c1. The van der Waals surface area contributed by atoms with Gasteiger partial charge in [0.25, 0.3) is 0 Å². The van der Waals surface area contributed by atoms with Gasteiger partial charge in [0.05, 0.1) is 6.54 Å². The lowest BCUT2D eigenvalue weighted by Crippen LogP contribution is -2.27. The highest BCUT2D eigenvalue weighted by Crippen LogP contribution is 2.14. The van der Waals surface area contributed by atoms with Gasteiger partial charge < -0.3 is 5.32 Å². The van der Waals surface area contributed by atoms with Crippen molar-refractivity contribution < 1.29 is 9.59 Å². The summed E-state index contributed by atoms with van der Waals surface area (Å²) in [5, 5.41) is 3.41. The third-order valence-corrected chi connectivity index (χ3v) is 4.00. The van der Waals surface area contributed by atoms with E-state index in [-0.39, 0.29) is 24.5 Å². The normalized spacial score (nSPS) is 14.0. The van der Waals surface area contributed by atoms with Crippen LogP contribution in [0.1, 0.15) is 34.3 Å². The van der Waals surface area contributed by atoms with Crippen molar-refractivity contribution >= 4 is 28.6 Å². The molecule has 1 N–H and O–H groups in total. The first-order valence-corrected chi connectivity index (χ1v) is 7.62. The van der Waals surface area contributed by atoms with Crippen molar-refractivity contribution in [1.29, 1.82) is 0 Å². The van der Waals surface area contributed by atoms with E-state index in [0.717, 1.165) is 23.4 Å². The number of nitrogens with one attached hydrogen (secondary N) is 1. The number of benzene rings is 1. The van der Waals surface area contributed by atoms with Crippen molar-refractivity contribution in [3.05, 3.63) is 34.9 Å². The second kappa shape index (κ2) is 6.70. The average Bonchev–Trinajstić information content (AvgIpc) is 2.91. The monoisotopic (exact) mass is 290 g/mol. The molecule has 1 aromatic rings. The van der Waals surface area contributed by atoms with Gasteiger partial charge in [-0.25, -0.2) is 0 Å². The van der Waals surface area contributed by atoms with Crippen LogP contribution in [0.4, 0.5) is 0 Å². The molecule has 2 rings (SSSR count). The van der Waals surface area contributed by atoms with Crippen LogP contribution in [0.5, 0.6) is 0 Å². The van der Waals surface area contributed by atoms with Crippen molar-refractivity contribution in [2.24, 2.45) is 4.99 Å². The second-order valence-electron chi connectivity index (χ2n) is 4.83. The molecular formula is C15H18N2O2S. The number of hydrogen-bond donors (Lipinski definition) is 1. The van der Waals surface area contributed by atoms with Gasteiger partial charge in [0.2, 0.25) is 5.91 Å². The van der Waals surface area contributed by atoms with Crippen LogP contribution in [0.15, 0.2) is 23.2 Å². The summed E-state index contributed by atoms with van der Waals surface area (Å²) in [5.41, 5.74) is 2.72. The summed E-state index contributed by atoms with van der Waals surface area (Å²) in [6.45, 7) is 4.62. The Labute approximate surface area is 123 Å². The van der Waals surface area contributed by atoms with E-state index in [4.69, 9.17) is 0 Å². The minimum Gasteiger partial charge on any atom is -0.305 e. The van der Waals surface area contributed by atoms with Gasteiger partial charge in [-0.05, 0) is 25.5 Å². The van der Waals surface area contributed by atoms with E-state index in [9.17, 15) is 9.59 Å². The summed E-state index contributed by atoms with van der Waals surface area (Å²) in [6, 6.07) is 5.80. The number of nitrogens with zero attached hydrogens (tertiary/aromatic N) is 1. The van der Waals surface area contributed by atoms with E-state index < -0.39 is 0 Å². The zero-order valence-electron chi connectivity index (χ0n) is 11.7. The molecule has 0 aromatic heterocycles. The number of amidine groups is 1. The smallest absolute Gasteiger partial charge is 0.226 e. The molecule has 20 heavy (non-hydrogen) atoms. The lowest BCUT2D eigenvalue weighted by atomic mass is 9.99. The standard InChI is InChI=1S/C15H18N2O2S/c1-10-3-4-11(2)12(9-10)13(18)5-6-14(19)17-15-16-7-8-20-15/h3-4,9H,5-8H2,1-2H3,(H,16,17,19). The van der Waals surface area contributed by atoms with E-state index in [1.165, 1.54) is 11.8 Å². The molecule has 0 aliphatic carbocycles. The zero-order valence-corrected chi connectivity index (χ0v) is 12.5. The molecule has 0 spiro atoms. The van der Waals surface area contributed by atoms with E-state index in [1.54, 1.807) is 0 Å². The van der Waals surface area contributed by atoms with Crippen LogP contribution in [0.3, 0.4) is 0 Å². The van der Waals surface area contributed by atoms with E-state index >= 15 is 0 Å². The number of carbonyl (C=O) groups is 2. The van der Waals surface area contributed by atoms with Crippen LogP contribution in [0.25, 0.3) is 0 Å². The van der Waals surface area contributed by atoms with E-state index in [2.05, 4.69) is 10.3 Å². The van der Waals surface area contributed by atoms with Crippen molar-refractivity contribution in [3.8, 4) is 0 Å². The number of rotatable bonds is 4. The number of amides is 1. The molecule has 0 atom stereocenters. The fourth-order valence-electron chi connectivity index (χ4n) is 1.99. The molecule has 0 saturated carbocycles. The van der Waals surface area contributed by atoms with Crippen LogP contribution in [0, 0.1) is 13.8 Å². The fraction of sp³-hybridized carbons (Fsp3) is 0.400. The summed E-state index contributed by atoms with van der Waals surface area (Å²) >= 11 is 1.54. The fourth-order valence-corrected chi connectivity index (χ4v) is 2.74. The number of aliphatic imine (C=N–C) groups is 1. The summed E-state index contributed by atoms with van der Waals surface area (Å²) < 4.78 is 0. The number of thioether (sulfide) groups is 1. The van der Waals surface area contributed by atoms with Crippen LogP contribution < -0.4 is 5.32 Å². The Bertz CT molecular complexity index is 567. The van der Waals surface area contributed by atoms with Gasteiger partial charge >= 0.3 is 0 Å². The Morgan fingerprint density at radius 2 is 2.10 bits per heavy atom. The molecule has 0 bridgehead atoms. The molecular weight excluding hydrogens is 272 g/mol. The maximum atomic E-state index is 12.1. The van der Waals surface area contributed by atoms with Crippen molar-refractivity contribution in [2.75, 3.05) is 12.3 Å². The van der Waals surface area contributed by atoms with Crippen molar-refractivity contribution in [2.45, 2.75) is 26.7 Å². The number of carbonyl (C=O) groups excluding carboxylic acids is 2. The number of hydrogen-bond acceptors (Lipinski definition) is 4. The molecule has 1 aliphatic heterocycles. The average molecular weight is 290 g/mol. The van der Waals surface area contributed by atoms with Gasteiger partial charge in [-0.15, -0.1) is 0 Å². The first-order valence-electron chi connectivity index (χ1n) is 6.64. The first-order chi connectivity index (χ1) is 9.56. The Morgan fingerprint density at radius 3 is 2.80 bits per heavy atom. The van der Waals surface area contributed by atoms with Crippen molar-refractivity contribution in [3.63, 3.8) is 0 Å².